The molecular weight excluding hydrogens is 330 g/mol. The van der Waals surface area contributed by atoms with E-state index in [1.165, 1.54) is 0 Å². The van der Waals surface area contributed by atoms with Crippen LogP contribution in [0.2, 0.25) is 0 Å². The number of nitrogens with zero attached hydrogens (tertiary/aromatic N) is 6. The molecule has 1 aliphatic rings. The molecule has 0 spiro atoms. The van der Waals surface area contributed by atoms with E-state index in [0.717, 1.165) is 36.9 Å². The summed E-state index contributed by atoms with van der Waals surface area (Å²) in [5, 5.41) is 7.61. The number of aryl methyl sites for hydroxylation is 1. The lowest BCUT2D eigenvalue weighted by atomic mass is 9.91. The smallest absolute Gasteiger partial charge is 0.287 e. The van der Waals surface area contributed by atoms with Crippen molar-refractivity contribution in [2.75, 3.05) is 0 Å². The molecule has 0 bridgehead atoms. The van der Waals surface area contributed by atoms with Crippen molar-refractivity contribution < 1.29 is 4.79 Å². The van der Waals surface area contributed by atoms with Crippen molar-refractivity contribution in [3.05, 3.63) is 49.2 Å². The number of imidazole rings is 1. The van der Waals surface area contributed by atoms with Crippen LogP contribution in [0.5, 0.6) is 0 Å². The molecule has 0 atom stereocenters. The Labute approximate surface area is 151 Å². The summed E-state index contributed by atoms with van der Waals surface area (Å²) in [6.07, 6.45) is 14.4. The average Bonchev–Trinajstić information content (AvgIpc) is 3.32. The van der Waals surface area contributed by atoms with E-state index in [1.807, 2.05) is 30.2 Å². The molecule has 0 unspecified atom stereocenters. The quantitative estimate of drug-likeness (QED) is 0.776. The lowest BCUT2D eigenvalue weighted by molar-refractivity contribution is 0.0908. The van der Waals surface area contributed by atoms with Crippen LogP contribution >= 0.6 is 0 Å². The molecule has 4 rings (SSSR count). The van der Waals surface area contributed by atoms with Crippen molar-refractivity contribution in [2.45, 2.75) is 37.8 Å². The maximum atomic E-state index is 12.3. The Kier molecular flexibility index (Phi) is 4.47. The predicted octanol–water partition coefficient (Wildman–Crippen LogP) is 1.99. The Morgan fingerprint density at radius 1 is 1.19 bits per heavy atom. The minimum absolute atomic E-state index is 0.105. The Morgan fingerprint density at radius 2 is 2.04 bits per heavy atom. The van der Waals surface area contributed by atoms with E-state index in [9.17, 15) is 4.79 Å². The average molecular weight is 351 g/mol. The van der Waals surface area contributed by atoms with Crippen LogP contribution in [0.4, 0.5) is 0 Å². The Balaban J connectivity index is 1.35. The number of carbonyl (C=O) groups excluding carboxylic acids is 1. The highest BCUT2D eigenvalue weighted by atomic mass is 16.2. The van der Waals surface area contributed by atoms with Crippen LogP contribution in [0.15, 0.2) is 43.4 Å². The van der Waals surface area contributed by atoms with E-state index in [1.54, 1.807) is 29.5 Å². The fourth-order valence-electron chi connectivity index (χ4n) is 3.45. The first-order valence-corrected chi connectivity index (χ1v) is 8.79. The van der Waals surface area contributed by atoms with Crippen molar-refractivity contribution >= 4 is 5.91 Å². The molecule has 3 aromatic heterocycles. The molecular formula is C18H21N7O. The van der Waals surface area contributed by atoms with Crippen LogP contribution in [0.3, 0.4) is 0 Å². The summed E-state index contributed by atoms with van der Waals surface area (Å²) < 4.78 is 3.76. The third-order valence-electron chi connectivity index (χ3n) is 4.91. The molecule has 26 heavy (non-hydrogen) atoms. The highest BCUT2D eigenvalue weighted by molar-refractivity contribution is 5.90. The monoisotopic (exact) mass is 351 g/mol. The number of hydrogen-bond donors (Lipinski definition) is 1. The number of nitrogens with one attached hydrogen (secondary N) is 1. The van der Waals surface area contributed by atoms with Gasteiger partial charge in [-0.1, -0.05) is 0 Å². The summed E-state index contributed by atoms with van der Waals surface area (Å²) in [4.78, 5) is 24.6. The lowest BCUT2D eigenvalue weighted by Gasteiger charge is -2.29. The molecule has 8 heteroatoms. The van der Waals surface area contributed by atoms with Gasteiger partial charge in [0.2, 0.25) is 0 Å². The van der Waals surface area contributed by atoms with Crippen molar-refractivity contribution in [3.63, 3.8) is 0 Å². The maximum absolute atomic E-state index is 12.3. The van der Waals surface area contributed by atoms with Gasteiger partial charge in [0.1, 0.15) is 6.33 Å². The first kappa shape index (κ1) is 16.4. The van der Waals surface area contributed by atoms with Gasteiger partial charge in [-0.25, -0.2) is 15.0 Å². The molecule has 0 aromatic carbocycles. The topological polar surface area (TPSA) is 90.5 Å². The zero-order valence-electron chi connectivity index (χ0n) is 14.6. The van der Waals surface area contributed by atoms with E-state index in [4.69, 9.17) is 0 Å². The fourth-order valence-corrected chi connectivity index (χ4v) is 3.45. The molecule has 1 N–H and O–H groups in total. The second-order valence-electron chi connectivity index (χ2n) is 6.64. The molecule has 1 saturated carbocycles. The molecule has 1 amide bonds. The van der Waals surface area contributed by atoms with Crippen LogP contribution < -0.4 is 5.32 Å². The second kappa shape index (κ2) is 7.07. The van der Waals surface area contributed by atoms with Gasteiger partial charge in [-0.05, 0) is 31.7 Å². The molecule has 0 radical (unpaired) electrons. The Bertz CT molecular complexity index is 878. The predicted molar refractivity (Wildman–Crippen MR) is 95.2 cm³/mol. The number of carbonyl (C=O) groups is 1. The summed E-state index contributed by atoms with van der Waals surface area (Å²) in [6.45, 7) is 0. The van der Waals surface area contributed by atoms with E-state index in [0.29, 0.717) is 11.9 Å². The summed E-state index contributed by atoms with van der Waals surface area (Å²) >= 11 is 0. The van der Waals surface area contributed by atoms with E-state index < -0.39 is 0 Å². The molecule has 0 aliphatic heterocycles. The van der Waals surface area contributed by atoms with Gasteiger partial charge in [-0.3, -0.25) is 9.48 Å². The lowest BCUT2D eigenvalue weighted by Crippen LogP contribution is -2.39. The standard InChI is InChI=1S/C18H21N7O/c1-24-9-8-20-17(24)18(26)23-14-2-4-15(5-3-14)25-11-13(10-22-25)16-6-7-19-12-21-16/h6-12,14-15H,2-5H2,1H3,(H,23,26). The van der Waals surface area contributed by atoms with Crippen molar-refractivity contribution in [3.8, 4) is 11.3 Å². The van der Waals surface area contributed by atoms with Crippen LogP contribution in [0.1, 0.15) is 42.3 Å². The summed E-state index contributed by atoms with van der Waals surface area (Å²) in [5.41, 5.74) is 1.87. The van der Waals surface area contributed by atoms with Gasteiger partial charge in [-0.15, -0.1) is 0 Å². The van der Waals surface area contributed by atoms with Gasteiger partial charge in [0.25, 0.3) is 5.91 Å². The molecule has 3 aromatic rings. The van der Waals surface area contributed by atoms with Gasteiger partial charge in [0, 0.05) is 43.4 Å². The van der Waals surface area contributed by atoms with Crippen LogP contribution in [0, 0.1) is 0 Å². The van der Waals surface area contributed by atoms with E-state index >= 15 is 0 Å². The highest BCUT2D eigenvalue weighted by Gasteiger charge is 2.25. The molecule has 3 heterocycles. The van der Waals surface area contributed by atoms with Gasteiger partial charge in [0.05, 0.1) is 17.9 Å². The zero-order chi connectivity index (χ0) is 17.9. The summed E-state index contributed by atoms with van der Waals surface area (Å²) in [6, 6.07) is 2.42. The third-order valence-corrected chi connectivity index (χ3v) is 4.91. The molecule has 1 aliphatic carbocycles. The van der Waals surface area contributed by atoms with Crippen LogP contribution in [0.25, 0.3) is 11.3 Å². The second-order valence-corrected chi connectivity index (χ2v) is 6.64. The van der Waals surface area contributed by atoms with Gasteiger partial charge in [-0.2, -0.15) is 5.10 Å². The summed E-state index contributed by atoms with van der Waals surface area (Å²) in [5.74, 6) is 0.347. The van der Waals surface area contributed by atoms with Gasteiger partial charge >= 0.3 is 0 Å². The SMILES string of the molecule is Cn1ccnc1C(=O)NC1CCC(n2cc(-c3ccncn3)cn2)CC1. The van der Waals surface area contributed by atoms with Crippen LogP contribution in [-0.2, 0) is 7.05 Å². The number of amides is 1. The van der Waals surface area contributed by atoms with E-state index in [-0.39, 0.29) is 11.9 Å². The van der Waals surface area contributed by atoms with Crippen molar-refractivity contribution in [1.82, 2.24) is 34.6 Å². The van der Waals surface area contributed by atoms with E-state index in [2.05, 4.69) is 25.4 Å². The number of aromatic nitrogens is 6. The third kappa shape index (κ3) is 3.35. The maximum Gasteiger partial charge on any atom is 0.287 e. The molecule has 8 nitrogen and oxygen atoms in total. The van der Waals surface area contributed by atoms with Gasteiger partial charge in [0.15, 0.2) is 5.82 Å². The normalized spacial score (nSPS) is 20.0. The minimum atomic E-state index is -0.105. The highest BCUT2D eigenvalue weighted by Crippen LogP contribution is 2.29. The van der Waals surface area contributed by atoms with Crippen LogP contribution in [-0.4, -0.2) is 41.2 Å². The minimum Gasteiger partial charge on any atom is -0.347 e. The first-order valence-electron chi connectivity index (χ1n) is 8.79. The molecule has 1 fully saturated rings. The van der Waals surface area contributed by atoms with Crippen molar-refractivity contribution in [2.24, 2.45) is 7.05 Å². The zero-order valence-corrected chi connectivity index (χ0v) is 14.6. The van der Waals surface area contributed by atoms with Gasteiger partial charge < -0.3 is 9.88 Å². The first-order chi connectivity index (χ1) is 12.7. The Morgan fingerprint density at radius 3 is 2.73 bits per heavy atom. The molecule has 134 valence electrons. The Hall–Kier alpha value is -3.03. The summed E-state index contributed by atoms with van der Waals surface area (Å²) in [7, 11) is 1.83. The number of hydrogen-bond acceptors (Lipinski definition) is 5. The largest absolute Gasteiger partial charge is 0.347 e. The van der Waals surface area contributed by atoms with Crippen molar-refractivity contribution in [1.29, 1.82) is 0 Å². The number of rotatable bonds is 4. The fraction of sp³-hybridized carbons (Fsp3) is 0.389. The molecule has 0 saturated heterocycles.